The van der Waals surface area contributed by atoms with Gasteiger partial charge in [-0.1, -0.05) is 6.07 Å². The lowest BCUT2D eigenvalue weighted by Crippen LogP contribution is -2.01. The zero-order valence-electron chi connectivity index (χ0n) is 8.79. The standard InChI is InChI=1S/C11H10N4O/c1-2-16-11-5-3-4-9(14-11)15-7-6-13-10(15)8-12/h3-7H,2H2,1H3. The Morgan fingerprint density at radius 2 is 2.38 bits per heavy atom. The molecule has 5 nitrogen and oxygen atoms in total. The summed E-state index contributed by atoms with van der Waals surface area (Å²) in [5.74, 6) is 1.47. The van der Waals surface area contributed by atoms with Gasteiger partial charge in [0.1, 0.15) is 11.9 Å². The molecule has 0 aliphatic carbocycles. The maximum Gasteiger partial charge on any atom is 0.218 e. The lowest BCUT2D eigenvalue weighted by Gasteiger charge is -2.05. The number of rotatable bonds is 3. The smallest absolute Gasteiger partial charge is 0.218 e. The number of hydrogen-bond donors (Lipinski definition) is 0. The van der Waals surface area contributed by atoms with E-state index in [1.165, 1.54) is 0 Å². The second-order valence-corrected chi connectivity index (χ2v) is 3.00. The molecule has 80 valence electrons. The first kappa shape index (κ1) is 10.2. The van der Waals surface area contributed by atoms with Gasteiger partial charge in [-0.2, -0.15) is 10.2 Å². The molecule has 2 aromatic heterocycles. The second-order valence-electron chi connectivity index (χ2n) is 3.00. The van der Waals surface area contributed by atoms with Crippen molar-refractivity contribution < 1.29 is 4.74 Å². The average molecular weight is 214 g/mol. The van der Waals surface area contributed by atoms with Gasteiger partial charge in [0.25, 0.3) is 0 Å². The van der Waals surface area contributed by atoms with Gasteiger partial charge in [-0.3, -0.25) is 4.57 Å². The molecule has 2 heterocycles. The first-order chi connectivity index (χ1) is 7.85. The molecule has 0 radical (unpaired) electrons. The van der Waals surface area contributed by atoms with Gasteiger partial charge in [-0.15, -0.1) is 0 Å². The van der Waals surface area contributed by atoms with Gasteiger partial charge >= 0.3 is 0 Å². The highest BCUT2D eigenvalue weighted by Crippen LogP contribution is 2.12. The molecule has 0 unspecified atom stereocenters. The summed E-state index contributed by atoms with van der Waals surface area (Å²) in [6.07, 6.45) is 3.25. The van der Waals surface area contributed by atoms with Gasteiger partial charge in [-0.05, 0) is 13.0 Å². The van der Waals surface area contributed by atoms with Crippen LogP contribution in [0.2, 0.25) is 0 Å². The van der Waals surface area contributed by atoms with Crippen LogP contribution < -0.4 is 4.74 Å². The molecule has 2 aromatic rings. The minimum Gasteiger partial charge on any atom is -0.478 e. The predicted octanol–water partition coefficient (Wildman–Crippen LogP) is 1.54. The first-order valence-electron chi connectivity index (χ1n) is 4.89. The Balaban J connectivity index is 2.41. The van der Waals surface area contributed by atoms with Crippen LogP contribution in [0, 0.1) is 11.3 Å². The zero-order valence-corrected chi connectivity index (χ0v) is 8.79. The van der Waals surface area contributed by atoms with Crippen LogP contribution in [-0.4, -0.2) is 21.1 Å². The summed E-state index contributed by atoms with van der Waals surface area (Å²) in [6.45, 7) is 2.46. The van der Waals surface area contributed by atoms with Crippen molar-refractivity contribution >= 4 is 0 Å². The topological polar surface area (TPSA) is 63.7 Å². The Kier molecular flexibility index (Phi) is 2.83. The van der Waals surface area contributed by atoms with Crippen LogP contribution in [0.3, 0.4) is 0 Å². The fourth-order valence-electron chi connectivity index (χ4n) is 1.34. The number of pyridine rings is 1. The van der Waals surface area contributed by atoms with Crippen LogP contribution in [-0.2, 0) is 0 Å². The number of ether oxygens (including phenoxy) is 1. The zero-order chi connectivity index (χ0) is 11.4. The lowest BCUT2D eigenvalue weighted by atomic mass is 10.4. The summed E-state index contributed by atoms with van der Waals surface area (Å²) in [5.41, 5.74) is 0. The first-order valence-corrected chi connectivity index (χ1v) is 4.89. The van der Waals surface area contributed by atoms with Gasteiger partial charge < -0.3 is 4.74 Å². The van der Waals surface area contributed by atoms with E-state index < -0.39 is 0 Å². The quantitative estimate of drug-likeness (QED) is 0.777. The Bertz CT molecular complexity index is 527. The Morgan fingerprint density at radius 1 is 1.50 bits per heavy atom. The molecule has 0 amide bonds. The van der Waals surface area contributed by atoms with Crippen molar-refractivity contribution in [1.82, 2.24) is 14.5 Å². The van der Waals surface area contributed by atoms with Gasteiger partial charge in [0.15, 0.2) is 0 Å². The van der Waals surface area contributed by atoms with E-state index in [1.54, 1.807) is 29.1 Å². The highest BCUT2D eigenvalue weighted by Gasteiger charge is 2.05. The molecule has 0 spiro atoms. The summed E-state index contributed by atoms with van der Waals surface area (Å²) in [7, 11) is 0. The summed E-state index contributed by atoms with van der Waals surface area (Å²) in [4.78, 5) is 8.17. The minimum atomic E-state index is 0.307. The molecule has 0 bridgehead atoms. The molecular formula is C11H10N4O. The van der Waals surface area contributed by atoms with E-state index in [4.69, 9.17) is 10.00 Å². The minimum absolute atomic E-state index is 0.307. The molecule has 0 saturated carbocycles. The molecule has 0 aromatic carbocycles. The summed E-state index contributed by atoms with van der Waals surface area (Å²) < 4.78 is 6.90. The van der Waals surface area contributed by atoms with Crippen molar-refractivity contribution in [1.29, 1.82) is 5.26 Å². The molecule has 0 aliphatic heterocycles. The van der Waals surface area contributed by atoms with E-state index >= 15 is 0 Å². The van der Waals surface area contributed by atoms with Crippen molar-refractivity contribution in [2.75, 3.05) is 6.61 Å². The maximum atomic E-state index is 8.85. The SMILES string of the molecule is CCOc1cccc(-n2ccnc2C#N)n1. The van der Waals surface area contributed by atoms with E-state index in [9.17, 15) is 0 Å². The molecule has 0 fully saturated rings. The largest absolute Gasteiger partial charge is 0.478 e. The van der Waals surface area contributed by atoms with E-state index in [0.717, 1.165) is 0 Å². The number of nitrogens with zero attached hydrogens (tertiary/aromatic N) is 4. The molecule has 0 aliphatic rings. The van der Waals surface area contributed by atoms with Crippen molar-refractivity contribution in [3.63, 3.8) is 0 Å². The Morgan fingerprint density at radius 3 is 3.12 bits per heavy atom. The van der Waals surface area contributed by atoms with Gasteiger partial charge in [0.2, 0.25) is 11.7 Å². The maximum absolute atomic E-state index is 8.85. The lowest BCUT2D eigenvalue weighted by molar-refractivity contribution is 0.326. The van der Waals surface area contributed by atoms with E-state index in [1.807, 2.05) is 19.1 Å². The molecule has 0 saturated heterocycles. The van der Waals surface area contributed by atoms with Crippen molar-refractivity contribution in [2.45, 2.75) is 6.92 Å². The number of hydrogen-bond acceptors (Lipinski definition) is 4. The van der Waals surface area contributed by atoms with Crippen molar-refractivity contribution in [2.24, 2.45) is 0 Å². The highest BCUT2D eigenvalue weighted by atomic mass is 16.5. The van der Waals surface area contributed by atoms with Crippen LogP contribution in [0.4, 0.5) is 0 Å². The van der Waals surface area contributed by atoms with E-state index in [-0.39, 0.29) is 0 Å². The van der Waals surface area contributed by atoms with Crippen LogP contribution in [0.5, 0.6) is 5.88 Å². The summed E-state index contributed by atoms with van der Waals surface area (Å²) in [5, 5.41) is 8.85. The molecule has 0 N–H and O–H groups in total. The van der Waals surface area contributed by atoms with Crippen LogP contribution >= 0.6 is 0 Å². The average Bonchev–Trinajstić information content (AvgIpc) is 2.78. The molecule has 5 heteroatoms. The summed E-state index contributed by atoms with van der Waals surface area (Å²) in [6, 6.07) is 7.39. The third kappa shape index (κ3) is 1.86. The molecular weight excluding hydrogens is 204 g/mol. The third-order valence-corrected chi connectivity index (χ3v) is 1.99. The Labute approximate surface area is 92.9 Å². The van der Waals surface area contributed by atoms with E-state index in [0.29, 0.717) is 24.1 Å². The predicted molar refractivity (Wildman–Crippen MR) is 57.2 cm³/mol. The Hall–Kier alpha value is -2.35. The van der Waals surface area contributed by atoms with Gasteiger partial charge in [0.05, 0.1) is 6.61 Å². The molecule has 0 atom stereocenters. The number of aromatic nitrogens is 3. The normalized spacial score (nSPS) is 9.75. The highest BCUT2D eigenvalue weighted by molar-refractivity contribution is 5.31. The van der Waals surface area contributed by atoms with Crippen LogP contribution in [0.1, 0.15) is 12.7 Å². The third-order valence-electron chi connectivity index (χ3n) is 1.99. The van der Waals surface area contributed by atoms with Crippen molar-refractivity contribution in [3.05, 3.63) is 36.4 Å². The van der Waals surface area contributed by atoms with E-state index in [2.05, 4.69) is 9.97 Å². The fourth-order valence-corrected chi connectivity index (χ4v) is 1.34. The van der Waals surface area contributed by atoms with Gasteiger partial charge in [-0.25, -0.2) is 4.98 Å². The van der Waals surface area contributed by atoms with Crippen LogP contribution in [0.15, 0.2) is 30.6 Å². The molecule has 16 heavy (non-hydrogen) atoms. The van der Waals surface area contributed by atoms with Crippen LogP contribution in [0.25, 0.3) is 5.82 Å². The molecule has 2 rings (SSSR count). The number of imidazole rings is 1. The fraction of sp³-hybridized carbons (Fsp3) is 0.182. The summed E-state index contributed by atoms with van der Waals surface area (Å²) >= 11 is 0. The number of nitriles is 1. The van der Waals surface area contributed by atoms with Crippen molar-refractivity contribution in [3.8, 4) is 17.8 Å². The second kappa shape index (κ2) is 4.45. The van der Waals surface area contributed by atoms with Gasteiger partial charge in [0, 0.05) is 18.5 Å². The monoisotopic (exact) mass is 214 g/mol.